The van der Waals surface area contributed by atoms with Crippen LogP contribution in [0, 0.1) is 12.7 Å². The first-order chi connectivity index (χ1) is 17.1. The van der Waals surface area contributed by atoms with Gasteiger partial charge in [-0.3, -0.25) is 9.89 Å². The van der Waals surface area contributed by atoms with Gasteiger partial charge in [0.25, 0.3) is 5.91 Å². The minimum absolute atomic E-state index is 0.227. The Morgan fingerprint density at radius 3 is 2.60 bits per heavy atom. The lowest BCUT2D eigenvalue weighted by molar-refractivity contribution is 0.0951. The van der Waals surface area contributed by atoms with Crippen molar-refractivity contribution in [3.05, 3.63) is 107 Å². The van der Waals surface area contributed by atoms with E-state index in [1.54, 1.807) is 43.6 Å². The van der Waals surface area contributed by atoms with Gasteiger partial charge in [-0.05, 0) is 53.4 Å². The zero-order valence-corrected chi connectivity index (χ0v) is 19.0. The molecule has 3 heterocycles. The van der Waals surface area contributed by atoms with Crippen LogP contribution in [0.25, 0.3) is 22.2 Å². The van der Waals surface area contributed by atoms with Crippen LogP contribution in [0.15, 0.2) is 79.3 Å². The van der Waals surface area contributed by atoms with E-state index in [-0.39, 0.29) is 18.3 Å². The molecule has 0 unspecified atom stereocenters. The maximum absolute atomic E-state index is 13.8. The Labute approximate surface area is 201 Å². The number of aromatic nitrogens is 4. The van der Waals surface area contributed by atoms with Gasteiger partial charge in [0, 0.05) is 36.4 Å². The molecule has 1 amide bonds. The summed E-state index contributed by atoms with van der Waals surface area (Å²) in [5.74, 6) is -0.0809. The van der Waals surface area contributed by atoms with Crippen molar-refractivity contribution in [2.24, 2.45) is 0 Å². The van der Waals surface area contributed by atoms with Crippen LogP contribution in [-0.2, 0) is 13.1 Å². The number of hydrogen-bond acceptors (Lipinski definition) is 5. The second-order valence-corrected chi connectivity index (χ2v) is 8.25. The van der Waals surface area contributed by atoms with E-state index in [2.05, 4.69) is 30.8 Å². The number of H-pyrrole nitrogens is 1. The quantitative estimate of drug-likeness (QED) is 0.313. The number of hydrogen-bond donors (Lipinski definition) is 3. The predicted octanol–water partition coefficient (Wildman–Crippen LogP) is 5.01. The average Bonchev–Trinajstić information content (AvgIpc) is 3.36. The van der Waals surface area contributed by atoms with E-state index in [0.717, 1.165) is 27.7 Å². The first kappa shape index (κ1) is 22.2. The van der Waals surface area contributed by atoms with Crippen LogP contribution in [-0.4, -0.2) is 26.1 Å². The molecule has 0 saturated carbocycles. The fourth-order valence-corrected chi connectivity index (χ4v) is 3.75. The highest BCUT2D eigenvalue weighted by Crippen LogP contribution is 2.23. The molecule has 0 atom stereocenters. The Morgan fingerprint density at radius 1 is 0.943 bits per heavy atom. The summed E-state index contributed by atoms with van der Waals surface area (Å²) in [5, 5.41) is 13.9. The lowest BCUT2D eigenvalue weighted by Crippen LogP contribution is -2.24. The van der Waals surface area contributed by atoms with Gasteiger partial charge in [0.15, 0.2) is 5.65 Å². The van der Waals surface area contributed by atoms with Crippen molar-refractivity contribution in [1.29, 1.82) is 0 Å². The van der Waals surface area contributed by atoms with Crippen LogP contribution >= 0.6 is 0 Å². The number of carbonyl (C=O) groups is 1. The number of benzene rings is 2. The van der Waals surface area contributed by atoms with E-state index in [0.29, 0.717) is 29.1 Å². The van der Waals surface area contributed by atoms with Crippen molar-refractivity contribution >= 4 is 22.8 Å². The maximum atomic E-state index is 13.8. The zero-order chi connectivity index (χ0) is 24.2. The smallest absolute Gasteiger partial charge is 0.255 e. The molecular weight excluding hydrogens is 443 g/mol. The molecule has 0 aliphatic rings. The van der Waals surface area contributed by atoms with E-state index in [1.165, 1.54) is 6.07 Å². The van der Waals surface area contributed by atoms with E-state index in [4.69, 9.17) is 0 Å². The Morgan fingerprint density at radius 2 is 1.77 bits per heavy atom. The lowest BCUT2D eigenvalue weighted by atomic mass is 10.0. The molecule has 0 radical (unpaired) electrons. The van der Waals surface area contributed by atoms with Crippen molar-refractivity contribution in [3.8, 4) is 11.1 Å². The van der Waals surface area contributed by atoms with Crippen LogP contribution in [0.2, 0.25) is 0 Å². The van der Waals surface area contributed by atoms with Gasteiger partial charge < -0.3 is 10.6 Å². The highest BCUT2D eigenvalue weighted by Gasteiger charge is 2.12. The summed E-state index contributed by atoms with van der Waals surface area (Å²) in [5.41, 5.74) is 5.56. The van der Waals surface area contributed by atoms with Gasteiger partial charge in [-0.15, -0.1) is 0 Å². The molecule has 5 aromatic rings. The molecule has 8 heteroatoms. The number of rotatable bonds is 7. The third kappa shape index (κ3) is 5.01. The Hall–Kier alpha value is -4.59. The summed E-state index contributed by atoms with van der Waals surface area (Å²) in [7, 11) is 0. The molecule has 3 aromatic heterocycles. The third-order valence-corrected chi connectivity index (χ3v) is 5.78. The van der Waals surface area contributed by atoms with Gasteiger partial charge in [0.2, 0.25) is 0 Å². The van der Waals surface area contributed by atoms with Gasteiger partial charge in [0.1, 0.15) is 11.6 Å². The molecule has 5 rings (SSSR count). The van der Waals surface area contributed by atoms with Crippen molar-refractivity contribution in [2.75, 3.05) is 5.32 Å². The van der Waals surface area contributed by atoms with Crippen LogP contribution in [0.5, 0.6) is 0 Å². The fourth-order valence-electron chi connectivity index (χ4n) is 3.75. The summed E-state index contributed by atoms with van der Waals surface area (Å²) in [4.78, 5) is 21.5. The highest BCUT2D eigenvalue weighted by molar-refractivity contribution is 5.98. The van der Waals surface area contributed by atoms with E-state index < -0.39 is 0 Å². The van der Waals surface area contributed by atoms with E-state index in [9.17, 15) is 9.18 Å². The van der Waals surface area contributed by atoms with Gasteiger partial charge >= 0.3 is 0 Å². The molecule has 0 aliphatic carbocycles. The number of nitrogens with one attached hydrogen (secondary N) is 3. The van der Waals surface area contributed by atoms with Crippen molar-refractivity contribution in [2.45, 2.75) is 20.0 Å². The molecular formula is C27H23FN6O. The van der Waals surface area contributed by atoms with Gasteiger partial charge in [0.05, 0.1) is 11.8 Å². The predicted molar refractivity (Wildman–Crippen MR) is 133 cm³/mol. The number of amides is 1. The van der Waals surface area contributed by atoms with E-state index in [1.807, 2.05) is 36.5 Å². The number of pyridine rings is 2. The molecule has 3 N–H and O–H groups in total. The SMILES string of the molecule is Cc1ccc(CNC(=O)c2cccnc2NCc2ccc(-c3cnc4[nH]ncc4c3)cc2)cc1F. The Kier molecular flexibility index (Phi) is 6.17. The second-order valence-electron chi connectivity index (χ2n) is 8.25. The first-order valence-electron chi connectivity index (χ1n) is 11.2. The highest BCUT2D eigenvalue weighted by atomic mass is 19.1. The maximum Gasteiger partial charge on any atom is 0.255 e. The molecule has 0 aliphatic heterocycles. The largest absolute Gasteiger partial charge is 0.365 e. The number of anilines is 1. The van der Waals surface area contributed by atoms with Gasteiger partial charge in [-0.2, -0.15) is 5.10 Å². The van der Waals surface area contributed by atoms with E-state index >= 15 is 0 Å². The summed E-state index contributed by atoms with van der Waals surface area (Å²) < 4.78 is 13.8. The number of carbonyl (C=O) groups excluding carboxylic acids is 1. The van der Waals surface area contributed by atoms with Crippen LogP contribution in [0.3, 0.4) is 0 Å². The molecule has 2 aromatic carbocycles. The number of nitrogens with zero attached hydrogens (tertiary/aromatic N) is 3. The average molecular weight is 467 g/mol. The van der Waals surface area contributed by atoms with Gasteiger partial charge in [-0.1, -0.05) is 36.4 Å². The number of halogens is 1. The minimum Gasteiger partial charge on any atom is -0.365 e. The van der Waals surface area contributed by atoms with Crippen molar-refractivity contribution in [3.63, 3.8) is 0 Å². The monoisotopic (exact) mass is 466 g/mol. The molecule has 35 heavy (non-hydrogen) atoms. The molecule has 0 spiro atoms. The first-order valence-corrected chi connectivity index (χ1v) is 11.2. The minimum atomic E-state index is -0.287. The summed E-state index contributed by atoms with van der Waals surface area (Å²) in [6.45, 7) is 2.43. The Balaban J connectivity index is 1.23. The topological polar surface area (TPSA) is 95.6 Å². The standard InChI is InChI=1S/C27H23FN6O/c1-17-4-5-19(11-24(17)28)14-32-27(35)23-3-2-10-29-26(23)30-13-18-6-8-20(9-7-18)21-12-22-16-33-34-25(22)31-15-21/h2-12,15-16H,13-14H2,1H3,(H,29,30)(H,32,35)(H,31,33,34). The summed E-state index contributed by atoms with van der Waals surface area (Å²) in [6, 6.07) is 18.5. The second kappa shape index (κ2) is 9.72. The fraction of sp³-hybridized carbons (Fsp3) is 0.111. The number of aryl methyl sites for hydroxylation is 1. The van der Waals surface area contributed by atoms with Crippen molar-refractivity contribution < 1.29 is 9.18 Å². The normalized spacial score (nSPS) is 10.9. The third-order valence-electron chi connectivity index (χ3n) is 5.78. The molecule has 0 fully saturated rings. The lowest BCUT2D eigenvalue weighted by Gasteiger charge is -2.12. The van der Waals surface area contributed by atoms with Gasteiger partial charge in [-0.25, -0.2) is 14.4 Å². The molecule has 7 nitrogen and oxygen atoms in total. The van der Waals surface area contributed by atoms with Crippen LogP contribution < -0.4 is 10.6 Å². The zero-order valence-electron chi connectivity index (χ0n) is 19.0. The van der Waals surface area contributed by atoms with Crippen molar-refractivity contribution in [1.82, 2.24) is 25.5 Å². The number of fused-ring (bicyclic) bond motifs is 1. The summed E-state index contributed by atoms with van der Waals surface area (Å²) >= 11 is 0. The van der Waals surface area contributed by atoms with Crippen LogP contribution in [0.4, 0.5) is 10.2 Å². The Bertz CT molecular complexity index is 1500. The summed E-state index contributed by atoms with van der Waals surface area (Å²) in [6.07, 6.45) is 5.21. The molecule has 174 valence electrons. The van der Waals surface area contributed by atoms with Crippen LogP contribution in [0.1, 0.15) is 27.0 Å². The number of aromatic amines is 1. The molecule has 0 saturated heterocycles. The molecule has 0 bridgehead atoms.